The van der Waals surface area contributed by atoms with E-state index in [1.807, 2.05) is 30.3 Å². The molecular weight excluding hydrogens is 266 g/mol. The van der Waals surface area contributed by atoms with Gasteiger partial charge < -0.3 is 5.32 Å². The molecular formula is C16H23N3O2. The van der Waals surface area contributed by atoms with E-state index >= 15 is 0 Å². The molecule has 1 heterocycles. The van der Waals surface area contributed by atoms with Crippen LogP contribution >= 0.6 is 0 Å². The molecule has 1 aromatic carbocycles. The van der Waals surface area contributed by atoms with Crippen LogP contribution in [0.2, 0.25) is 0 Å². The first-order valence-corrected chi connectivity index (χ1v) is 7.54. The van der Waals surface area contributed by atoms with Gasteiger partial charge in [0.2, 0.25) is 5.91 Å². The van der Waals surface area contributed by atoms with Crippen molar-refractivity contribution in [1.82, 2.24) is 15.5 Å². The number of hydrogen-bond donors (Lipinski definition) is 2. The number of carbonyl (C=O) groups is 2. The van der Waals surface area contributed by atoms with Gasteiger partial charge in [-0.15, -0.1) is 0 Å². The maximum absolute atomic E-state index is 12.5. The zero-order valence-corrected chi connectivity index (χ0v) is 12.5. The van der Waals surface area contributed by atoms with Crippen molar-refractivity contribution in [1.29, 1.82) is 0 Å². The summed E-state index contributed by atoms with van der Waals surface area (Å²) in [4.78, 5) is 26.1. The molecule has 5 heteroatoms. The van der Waals surface area contributed by atoms with Gasteiger partial charge in [0, 0.05) is 7.05 Å². The molecule has 0 unspecified atom stereocenters. The lowest BCUT2D eigenvalue weighted by Crippen LogP contribution is -2.45. The Bertz CT molecular complexity index is 468. The summed E-state index contributed by atoms with van der Waals surface area (Å²) < 4.78 is 0. The van der Waals surface area contributed by atoms with E-state index in [0.29, 0.717) is 0 Å². The molecule has 0 spiro atoms. The quantitative estimate of drug-likeness (QED) is 0.895. The molecule has 114 valence electrons. The Balaban J connectivity index is 2.21. The Hall–Kier alpha value is -1.88. The molecule has 3 amide bonds. The van der Waals surface area contributed by atoms with Crippen LogP contribution < -0.4 is 10.6 Å². The number of carbonyl (C=O) groups excluding carboxylic acids is 2. The summed E-state index contributed by atoms with van der Waals surface area (Å²) in [5.74, 6) is -0.262. The van der Waals surface area contributed by atoms with Crippen molar-refractivity contribution in [3.63, 3.8) is 0 Å². The fraction of sp³-hybridized carbons (Fsp3) is 0.500. The minimum Gasteiger partial charge on any atom is -0.341 e. The molecule has 1 saturated heterocycles. The van der Waals surface area contributed by atoms with Gasteiger partial charge in [-0.2, -0.15) is 0 Å². The van der Waals surface area contributed by atoms with E-state index in [9.17, 15) is 9.59 Å². The second-order valence-electron chi connectivity index (χ2n) is 5.33. The molecule has 0 aromatic heterocycles. The Morgan fingerprint density at radius 1 is 1.05 bits per heavy atom. The molecule has 2 N–H and O–H groups in total. The van der Waals surface area contributed by atoms with Crippen molar-refractivity contribution in [2.45, 2.75) is 31.7 Å². The minimum absolute atomic E-state index is 0.262. The fourth-order valence-electron chi connectivity index (χ4n) is 2.76. The number of hydrogen-bond acceptors (Lipinski definition) is 3. The van der Waals surface area contributed by atoms with Gasteiger partial charge in [-0.1, -0.05) is 43.2 Å². The third-order valence-corrected chi connectivity index (χ3v) is 3.83. The summed E-state index contributed by atoms with van der Waals surface area (Å²) in [5, 5.41) is 4.84. The van der Waals surface area contributed by atoms with Crippen LogP contribution in [0.3, 0.4) is 0 Å². The summed E-state index contributed by atoms with van der Waals surface area (Å²) >= 11 is 0. The summed E-state index contributed by atoms with van der Waals surface area (Å²) in [6.45, 7) is 1.78. The molecule has 0 aliphatic carbocycles. The molecule has 1 atom stereocenters. The van der Waals surface area contributed by atoms with E-state index in [1.54, 1.807) is 0 Å². The number of amides is 3. The molecule has 21 heavy (non-hydrogen) atoms. The maximum atomic E-state index is 12.5. The third-order valence-electron chi connectivity index (χ3n) is 3.83. The average Bonchev–Trinajstić information content (AvgIpc) is 2.77. The molecule has 2 rings (SSSR count). The van der Waals surface area contributed by atoms with E-state index in [2.05, 4.69) is 15.5 Å². The molecule has 5 nitrogen and oxygen atoms in total. The topological polar surface area (TPSA) is 61.4 Å². The normalized spacial score (nSPS) is 17.6. The molecule has 0 saturated carbocycles. The number of benzene rings is 1. The van der Waals surface area contributed by atoms with Crippen molar-refractivity contribution in [3.05, 3.63) is 35.9 Å². The highest BCUT2D eigenvalue weighted by Gasteiger charge is 2.28. The average molecular weight is 289 g/mol. The Morgan fingerprint density at radius 2 is 1.67 bits per heavy atom. The SMILES string of the molecule is CNC(=O)NC(=O)[C@H](c1ccccc1)N1CCCCCC1. The number of nitrogens with zero attached hydrogens (tertiary/aromatic N) is 1. The lowest BCUT2D eigenvalue weighted by atomic mass is 10.0. The van der Waals surface area contributed by atoms with Crippen LogP contribution in [0.4, 0.5) is 4.79 Å². The van der Waals surface area contributed by atoms with Gasteiger partial charge >= 0.3 is 6.03 Å². The number of imide groups is 1. The predicted octanol–water partition coefficient (Wildman–Crippen LogP) is 2.06. The predicted molar refractivity (Wildman–Crippen MR) is 81.8 cm³/mol. The van der Waals surface area contributed by atoms with E-state index < -0.39 is 12.1 Å². The zero-order valence-electron chi connectivity index (χ0n) is 12.5. The lowest BCUT2D eigenvalue weighted by molar-refractivity contribution is -0.125. The van der Waals surface area contributed by atoms with E-state index in [4.69, 9.17) is 0 Å². The Morgan fingerprint density at radius 3 is 2.24 bits per heavy atom. The third kappa shape index (κ3) is 4.29. The zero-order chi connectivity index (χ0) is 15.1. The smallest absolute Gasteiger partial charge is 0.321 e. The highest BCUT2D eigenvalue weighted by Crippen LogP contribution is 2.24. The highest BCUT2D eigenvalue weighted by atomic mass is 16.2. The van der Waals surface area contributed by atoms with Gasteiger partial charge in [-0.3, -0.25) is 15.0 Å². The van der Waals surface area contributed by atoms with Crippen LogP contribution in [-0.2, 0) is 4.79 Å². The van der Waals surface area contributed by atoms with Gasteiger partial charge in [-0.25, -0.2) is 4.79 Å². The second kappa shape index (κ2) is 7.78. The van der Waals surface area contributed by atoms with Crippen LogP contribution in [0.15, 0.2) is 30.3 Å². The van der Waals surface area contributed by atoms with Crippen molar-refractivity contribution in [3.8, 4) is 0 Å². The maximum Gasteiger partial charge on any atom is 0.321 e. The summed E-state index contributed by atoms with van der Waals surface area (Å²) in [5.41, 5.74) is 0.931. The first-order valence-electron chi connectivity index (χ1n) is 7.54. The Labute approximate surface area is 125 Å². The van der Waals surface area contributed by atoms with Crippen LogP contribution in [0.25, 0.3) is 0 Å². The van der Waals surface area contributed by atoms with Crippen molar-refractivity contribution >= 4 is 11.9 Å². The number of rotatable bonds is 3. The summed E-state index contributed by atoms with van der Waals surface area (Å²) in [7, 11) is 1.51. The van der Waals surface area contributed by atoms with E-state index in [0.717, 1.165) is 31.5 Å². The van der Waals surface area contributed by atoms with Crippen molar-refractivity contribution in [2.75, 3.05) is 20.1 Å². The van der Waals surface area contributed by atoms with Crippen molar-refractivity contribution < 1.29 is 9.59 Å². The number of urea groups is 1. The van der Waals surface area contributed by atoms with Gasteiger partial charge in [0.05, 0.1) is 0 Å². The van der Waals surface area contributed by atoms with Crippen LogP contribution in [0, 0.1) is 0 Å². The van der Waals surface area contributed by atoms with E-state index in [-0.39, 0.29) is 5.91 Å². The van der Waals surface area contributed by atoms with Gasteiger partial charge in [0.1, 0.15) is 6.04 Å². The molecule has 1 aliphatic rings. The van der Waals surface area contributed by atoms with Crippen molar-refractivity contribution in [2.24, 2.45) is 0 Å². The molecule has 1 aromatic rings. The second-order valence-corrected chi connectivity index (χ2v) is 5.33. The van der Waals surface area contributed by atoms with Crippen LogP contribution in [-0.4, -0.2) is 37.0 Å². The highest BCUT2D eigenvalue weighted by molar-refractivity contribution is 5.97. The molecule has 0 bridgehead atoms. The standard InChI is InChI=1S/C16H23N3O2/c1-17-16(21)18-15(20)14(13-9-5-4-6-10-13)19-11-7-2-3-8-12-19/h4-6,9-10,14H,2-3,7-8,11-12H2,1H3,(H2,17,18,20,21)/t14-/m0/s1. The van der Waals surface area contributed by atoms with E-state index in [1.165, 1.54) is 19.9 Å². The largest absolute Gasteiger partial charge is 0.341 e. The van der Waals surface area contributed by atoms with Gasteiger partial charge in [-0.05, 0) is 31.5 Å². The molecule has 0 radical (unpaired) electrons. The Kier molecular flexibility index (Phi) is 5.75. The van der Waals surface area contributed by atoms with Gasteiger partial charge in [0.25, 0.3) is 0 Å². The summed E-state index contributed by atoms with van der Waals surface area (Å²) in [6.07, 6.45) is 4.59. The lowest BCUT2D eigenvalue weighted by Gasteiger charge is -2.29. The molecule has 1 fully saturated rings. The first kappa shape index (κ1) is 15.5. The molecule has 1 aliphatic heterocycles. The number of likely N-dealkylation sites (tertiary alicyclic amines) is 1. The van der Waals surface area contributed by atoms with Crippen LogP contribution in [0.1, 0.15) is 37.3 Å². The minimum atomic E-state index is -0.462. The first-order chi connectivity index (χ1) is 10.2. The monoisotopic (exact) mass is 289 g/mol. The number of nitrogens with one attached hydrogen (secondary N) is 2. The fourth-order valence-corrected chi connectivity index (χ4v) is 2.76. The van der Waals surface area contributed by atoms with Gasteiger partial charge in [0.15, 0.2) is 0 Å². The summed E-state index contributed by atoms with van der Waals surface area (Å²) in [6, 6.07) is 8.80. The van der Waals surface area contributed by atoms with Crippen LogP contribution in [0.5, 0.6) is 0 Å².